The smallest absolute Gasteiger partial charge is 0.192 e. The van der Waals surface area contributed by atoms with Gasteiger partial charge < -0.3 is 9.16 Å². The van der Waals surface area contributed by atoms with E-state index in [-0.39, 0.29) is 28.3 Å². The van der Waals surface area contributed by atoms with E-state index in [0.29, 0.717) is 18.6 Å². The van der Waals surface area contributed by atoms with E-state index >= 15 is 0 Å². The van der Waals surface area contributed by atoms with E-state index in [2.05, 4.69) is 54.6 Å². The van der Waals surface area contributed by atoms with Gasteiger partial charge in [-0.15, -0.1) is 0 Å². The predicted octanol–water partition coefficient (Wildman–Crippen LogP) is 5.09. The lowest BCUT2D eigenvalue weighted by Gasteiger charge is -2.45. The second-order valence-electron chi connectivity index (χ2n) is 10.0. The van der Waals surface area contributed by atoms with Gasteiger partial charge in [0.2, 0.25) is 0 Å². The lowest BCUT2D eigenvalue weighted by molar-refractivity contribution is -0.161. The van der Waals surface area contributed by atoms with Gasteiger partial charge in [0.05, 0.1) is 17.8 Å². The van der Waals surface area contributed by atoms with Crippen molar-refractivity contribution < 1.29 is 14.0 Å². The molecule has 23 heavy (non-hydrogen) atoms. The van der Waals surface area contributed by atoms with Gasteiger partial charge in [0.25, 0.3) is 0 Å². The number of ketones is 1. The molecule has 0 bridgehead atoms. The van der Waals surface area contributed by atoms with Crippen molar-refractivity contribution in [2.45, 2.75) is 110 Å². The summed E-state index contributed by atoms with van der Waals surface area (Å²) in [5.41, 5.74) is -0.309. The number of Topliss-reactive ketones (excluding diaryl/α,β-unsaturated/α-hetero) is 1. The number of hydrogen-bond donors (Lipinski definition) is 0. The van der Waals surface area contributed by atoms with E-state index < -0.39 is 8.32 Å². The number of ether oxygens (including phenoxy) is 1. The average molecular weight is 341 g/mol. The highest BCUT2D eigenvalue weighted by Gasteiger charge is 2.50. The third-order valence-electron chi connectivity index (χ3n) is 6.51. The van der Waals surface area contributed by atoms with E-state index in [9.17, 15) is 4.79 Å². The monoisotopic (exact) mass is 340 g/mol. The largest absolute Gasteiger partial charge is 0.411 e. The van der Waals surface area contributed by atoms with Gasteiger partial charge in [-0.25, -0.2) is 0 Å². The molecular weight excluding hydrogens is 304 g/mol. The van der Waals surface area contributed by atoms with Gasteiger partial charge in [-0.05, 0) is 51.2 Å². The van der Waals surface area contributed by atoms with Gasteiger partial charge in [0.15, 0.2) is 8.32 Å². The molecule has 1 aliphatic carbocycles. The zero-order chi connectivity index (χ0) is 17.7. The topological polar surface area (TPSA) is 35.5 Å². The van der Waals surface area contributed by atoms with E-state index in [1.54, 1.807) is 0 Å². The maximum atomic E-state index is 12.0. The second-order valence-corrected chi connectivity index (χ2v) is 14.8. The molecule has 134 valence electrons. The molecular formula is C19H36O3Si. The lowest BCUT2D eigenvalue weighted by Crippen LogP contribution is -2.51. The van der Waals surface area contributed by atoms with Crippen LogP contribution in [-0.2, 0) is 14.0 Å². The minimum absolute atomic E-state index is 0.0157. The van der Waals surface area contributed by atoms with Crippen molar-refractivity contribution in [3.05, 3.63) is 0 Å². The van der Waals surface area contributed by atoms with Crippen LogP contribution in [-0.4, -0.2) is 31.9 Å². The molecule has 0 aromatic rings. The number of carbonyl (C=O) groups is 1. The Morgan fingerprint density at radius 1 is 1.17 bits per heavy atom. The summed E-state index contributed by atoms with van der Waals surface area (Å²) in [4.78, 5) is 12.0. The Hall–Kier alpha value is -0.193. The van der Waals surface area contributed by atoms with Crippen molar-refractivity contribution >= 4 is 14.1 Å². The summed E-state index contributed by atoms with van der Waals surface area (Å²) in [5, 5.41) is 0.196. The fourth-order valence-electron chi connectivity index (χ4n) is 3.73. The third kappa shape index (κ3) is 3.90. The van der Waals surface area contributed by atoms with E-state index in [4.69, 9.17) is 9.16 Å². The molecule has 0 radical (unpaired) electrons. The number of hydrogen-bond acceptors (Lipinski definition) is 3. The van der Waals surface area contributed by atoms with Gasteiger partial charge in [-0.2, -0.15) is 0 Å². The van der Waals surface area contributed by atoms with Gasteiger partial charge in [0, 0.05) is 18.3 Å². The van der Waals surface area contributed by atoms with Crippen molar-refractivity contribution in [1.29, 1.82) is 0 Å². The first kappa shape index (κ1) is 19.1. The highest BCUT2D eigenvalue weighted by atomic mass is 28.4. The molecule has 1 heterocycles. The molecule has 2 fully saturated rings. The summed E-state index contributed by atoms with van der Waals surface area (Å²) in [6.07, 6.45) is 4.51. The first-order valence-corrected chi connectivity index (χ1v) is 12.1. The van der Waals surface area contributed by atoms with Crippen molar-refractivity contribution in [2.24, 2.45) is 5.41 Å². The molecule has 3 nitrogen and oxygen atoms in total. The molecule has 2 aliphatic rings. The van der Waals surface area contributed by atoms with Crippen LogP contribution in [0, 0.1) is 5.41 Å². The Balaban J connectivity index is 2.22. The van der Waals surface area contributed by atoms with Crippen LogP contribution in [0.1, 0.15) is 73.6 Å². The zero-order valence-corrected chi connectivity index (χ0v) is 17.4. The summed E-state index contributed by atoms with van der Waals surface area (Å²) in [7, 11) is -1.84. The van der Waals surface area contributed by atoms with Crippen molar-refractivity contribution in [1.82, 2.24) is 0 Å². The first-order valence-electron chi connectivity index (χ1n) is 9.14. The fourth-order valence-corrected chi connectivity index (χ4v) is 5.19. The first-order chi connectivity index (χ1) is 10.3. The zero-order valence-electron chi connectivity index (χ0n) is 16.4. The summed E-state index contributed by atoms with van der Waals surface area (Å²) >= 11 is 0. The third-order valence-corrected chi connectivity index (χ3v) is 11.0. The Morgan fingerprint density at radius 2 is 1.78 bits per heavy atom. The number of fused-ring (bicyclic) bond motifs is 1. The molecule has 1 aliphatic heterocycles. The van der Waals surface area contributed by atoms with Crippen molar-refractivity contribution in [3.63, 3.8) is 0 Å². The van der Waals surface area contributed by atoms with Gasteiger partial charge in [-0.1, -0.05) is 27.7 Å². The summed E-state index contributed by atoms with van der Waals surface area (Å²) in [5.74, 6) is 0.397. The molecule has 1 saturated carbocycles. The minimum atomic E-state index is -1.84. The highest BCUT2D eigenvalue weighted by Crippen LogP contribution is 2.48. The van der Waals surface area contributed by atoms with Gasteiger partial charge in [0.1, 0.15) is 5.78 Å². The molecule has 0 aromatic heterocycles. The Morgan fingerprint density at radius 3 is 2.35 bits per heavy atom. The molecule has 4 heteroatoms. The van der Waals surface area contributed by atoms with Crippen LogP contribution in [0.3, 0.4) is 0 Å². The van der Waals surface area contributed by atoms with Crippen LogP contribution >= 0.6 is 0 Å². The molecule has 1 saturated heterocycles. The second kappa shape index (κ2) is 5.96. The Bertz CT molecular complexity index is 464. The van der Waals surface area contributed by atoms with Crippen LogP contribution in [0.15, 0.2) is 0 Å². The maximum Gasteiger partial charge on any atom is 0.192 e. The lowest BCUT2D eigenvalue weighted by atomic mass is 9.70. The number of carbonyl (C=O) groups excluding carboxylic acids is 1. The number of rotatable bonds is 2. The Kier molecular flexibility index (Phi) is 4.96. The van der Waals surface area contributed by atoms with Crippen LogP contribution in [0.5, 0.6) is 0 Å². The molecule has 3 atom stereocenters. The maximum absolute atomic E-state index is 12.0. The van der Waals surface area contributed by atoms with Crippen molar-refractivity contribution in [3.8, 4) is 0 Å². The standard InChI is InChI=1S/C19H36O3Si/c1-17(2,3)23(7,8)22-15-11-12-19(6)13-14(20)9-10-16(19)21-18(15,4)5/h15-16H,9-13H2,1-8H3/t15-,16+,19+/m0/s1. The van der Waals surface area contributed by atoms with Crippen LogP contribution in [0.4, 0.5) is 0 Å². The molecule has 0 amide bonds. The van der Waals surface area contributed by atoms with E-state index in [1.165, 1.54) is 0 Å². The molecule has 2 rings (SSSR count). The molecule has 0 aromatic carbocycles. The minimum Gasteiger partial charge on any atom is -0.411 e. The summed E-state index contributed by atoms with van der Waals surface area (Å²) in [6, 6.07) is 0. The van der Waals surface area contributed by atoms with E-state index in [1.807, 2.05) is 0 Å². The molecule has 0 spiro atoms. The normalized spacial score (nSPS) is 35.6. The van der Waals surface area contributed by atoms with Crippen LogP contribution < -0.4 is 0 Å². The van der Waals surface area contributed by atoms with Gasteiger partial charge >= 0.3 is 0 Å². The van der Waals surface area contributed by atoms with Crippen molar-refractivity contribution in [2.75, 3.05) is 0 Å². The van der Waals surface area contributed by atoms with Crippen LogP contribution in [0.25, 0.3) is 0 Å². The fraction of sp³-hybridized carbons (Fsp3) is 0.947. The summed E-state index contributed by atoms with van der Waals surface area (Å²) in [6.45, 7) is 18.1. The van der Waals surface area contributed by atoms with E-state index in [0.717, 1.165) is 19.3 Å². The predicted molar refractivity (Wildman–Crippen MR) is 97.2 cm³/mol. The average Bonchev–Trinajstić information content (AvgIpc) is 2.44. The van der Waals surface area contributed by atoms with Gasteiger partial charge in [-0.3, -0.25) is 4.79 Å². The quantitative estimate of drug-likeness (QED) is 0.657. The molecule has 0 N–H and O–H groups in total. The molecule has 0 unspecified atom stereocenters. The Labute approximate surface area is 143 Å². The summed E-state index contributed by atoms with van der Waals surface area (Å²) < 4.78 is 13.3. The SMILES string of the molecule is CC1(C)O[C@@H]2CCC(=O)C[C@@]2(C)CC[C@@H]1O[Si](C)(C)C(C)(C)C. The van der Waals surface area contributed by atoms with Crippen LogP contribution in [0.2, 0.25) is 18.1 Å². The highest BCUT2D eigenvalue weighted by molar-refractivity contribution is 6.74.